The molecule has 2 atom stereocenters. The lowest BCUT2D eigenvalue weighted by atomic mass is 9.76. The lowest BCUT2D eigenvalue weighted by Gasteiger charge is -2.31. The highest BCUT2D eigenvalue weighted by atomic mass is 16.5. The number of fused-ring (bicyclic) bond motifs is 3. The highest BCUT2D eigenvalue weighted by Gasteiger charge is 2.42. The number of rotatable bonds is 2. The van der Waals surface area contributed by atoms with Crippen molar-refractivity contribution in [2.45, 2.75) is 25.0 Å². The third-order valence-electron chi connectivity index (χ3n) is 5.21. The molecule has 0 saturated heterocycles. The van der Waals surface area contributed by atoms with Crippen molar-refractivity contribution in [1.29, 1.82) is 0 Å². The molecule has 7 nitrogen and oxygen atoms in total. The molecule has 2 aliphatic carbocycles. The second-order valence-electron chi connectivity index (χ2n) is 6.67. The molecule has 0 aliphatic heterocycles. The Bertz CT molecular complexity index is 993. The van der Waals surface area contributed by atoms with E-state index in [0.29, 0.717) is 0 Å². The van der Waals surface area contributed by atoms with Crippen LogP contribution in [0.4, 0.5) is 0 Å². The Balaban J connectivity index is 2.09. The molecule has 7 heteroatoms. The van der Waals surface area contributed by atoms with Crippen LogP contribution in [0.25, 0.3) is 0 Å². The maximum absolute atomic E-state index is 13.3. The van der Waals surface area contributed by atoms with E-state index in [-0.39, 0.29) is 57.7 Å². The fourth-order valence-electron chi connectivity index (χ4n) is 4.07. The van der Waals surface area contributed by atoms with Crippen LogP contribution >= 0.6 is 0 Å². The van der Waals surface area contributed by atoms with Gasteiger partial charge in [0.2, 0.25) is 5.78 Å². The topological polar surface area (TPSA) is 113 Å². The zero-order chi connectivity index (χ0) is 19.5. The van der Waals surface area contributed by atoms with Gasteiger partial charge in [-0.1, -0.05) is 12.1 Å². The molecule has 3 N–H and O–H groups in total. The number of hydrogen-bond acceptors (Lipinski definition) is 7. The lowest BCUT2D eigenvalue weighted by molar-refractivity contribution is 0.0651. The molecule has 0 bridgehead atoms. The number of aliphatic hydroxyl groups is 2. The first kappa shape index (κ1) is 17.5. The van der Waals surface area contributed by atoms with Gasteiger partial charge in [0.1, 0.15) is 17.2 Å². The van der Waals surface area contributed by atoms with E-state index in [1.807, 2.05) is 0 Å². The molecule has 140 valence electrons. The summed E-state index contributed by atoms with van der Waals surface area (Å²) >= 11 is 0. The Morgan fingerprint density at radius 1 is 1.00 bits per heavy atom. The van der Waals surface area contributed by atoms with Crippen LogP contribution in [0.2, 0.25) is 0 Å². The number of benzene rings is 2. The van der Waals surface area contributed by atoms with Gasteiger partial charge in [0.25, 0.3) is 0 Å². The van der Waals surface area contributed by atoms with E-state index in [2.05, 4.69) is 0 Å². The summed E-state index contributed by atoms with van der Waals surface area (Å²) in [5.74, 6) is -1.17. The molecule has 4 rings (SSSR count). The minimum absolute atomic E-state index is 0.0453. The highest BCUT2D eigenvalue weighted by Crippen LogP contribution is 2.49. The van der Waals surface area contributed by atoms with Gasteiger partial charge in [0.15, 0.2) is 5.78 Å². The van der Waals surface area contributed by atoms with Crippen molar-refractivity contribution in [2.24, 2.45) is 0 Å². The summed E-state index contributed by atoms with van der Waals surface area (Å²) < 4.78 is 10.7. The van der Waals surface area contributed by atoms with Crippen molar-refractivity contribution in [3.8, 4) is 17.2 Å². The number of phenolic OH excluding ortho intramolecular Hbond substituents is 1. The van der Waals surface area contributed by atoms with Gasteiger partial charge in [-0.15, -0.1) is 0 Å². The monoisotopic (exact) mass is 370 g/mol. The van der Waals surface area contributed by atoms with Gasteiger partial charge in [0, 0.05) is 29.5 Å². The van der Waals surface area contributed by atoms with Crippen LogP contribution in [0.3, 0.4) is 0 Å². The first-order chi connectivity index (χ1) is 12.9. The summed E-state index contributed by atoms with van der Waals surface area (Å²) in [5, 5.41) is 31.2. The van der Waals surface area contributed by atoms with Crippen LogP contribution in [0.1, 0.15) is 55.5 Å². The van der Waals surface area contributed by atoms with Gasteiger partial charge in [-0.3, -0.25) is 9.59 Å². The minimum atomic E-state index is -1.13. The van der Waals surface area contributed by atoms with Crippen LogP contribution in [0.15, 0.2) is 18.2 Å². The molecule has 27 heavy (non-hydrogen) atoms. The molecule has 0 radical (unpaired) electrons. The Hall–Kier alpha value is -2.90. The number of aliphatic hydroxyl groups excluding tert-OH is 2. The molecular weight excluding hydrogens is 352 g/mol. The maximum Gasteiger partial charge on any atom is 0.202 e. The molecule has 2 aromatic rings. The normalized spacial score (nSPS) is 20.6. The third-order valence-corrected chi connectivity index (χ3v) is 5.21. The minimum Gasteiger partial charge on any atom is -0.507 e. The Morgan fingerprint density at radius 2 is 1.74 bits per heavy atom. The first-order valence-electron chi connectivity index (χ1n) is 8.48. The van der Waals surface area contributed by atoms with Gasteiger partial charge < -0.3 is 24.8 Å². The number of phenols is 1. The third kappa shape index (κ3) is 2.28. The van der Waals surface area contributed by atoms with Gasteiger partial charge in [-0.05, 0) is 6.07 Å². The molecule has 2 aromatic carbocycles. The van der Waals surface area contributed by atoms with Gasteiger partial charge >= 0.3 is 0 Å². The van der Waals surface area contributed by atoms with Gasteiger partial charge in [-0.2, -0.15) is 0 Å². The average molecular weight is 370 g/mol. The fraction of sp³-hybridized carbons (Fsp3) is 0.300. The Kier molecular flexibility index (Phi) is 3.94. The largest absolute Gasteiger partial charge is 0.507 e. The SMILES string of the molecule is COc1cccc2c1C(=O)c1c(OC)c3c(c(O)c1C2=O)C[C@H](O)C[C@@H]3O. The molecule has 0 aromatic heterocycles. The van der Waals surface area contributed by atoms with Crippen molar-refractivity contribution >= 4 is 11.6 Å². The number of ether oxygens (including phenoxy) is 2. The van der Waals surface area contributed by atoms with Gasteiger partial charge in [-0.25, -0.2) is 0 Å². The van der Waals surface area contributed by atoms with Crippen LogP contribution in [-0.2, 0) is 6.42 Å². The molecule has 2 aliphatic rings. The van der Waals surface area contributed by atoms with E-state index in [1.165, 1.54) is 20.3 Å². The number of methoxy groups -OCH3 is 2. The summed E-state index contributed by atoms with van der Waals surface area (Å²) in [6.07, 6.45) is -1.91. The van der Waals surface area contributed by atoms with Crippen molar-refractivity contribution < 1.29 is 34.4 Å². The summed E-state index contributed by atoms with van der Waals surface area (Å²) in [7, 11) is 2.73. The summed E-state index contributed by atoms with van der Waals surface area (Å²) in [4.78, 5) is 26.4. The van der Waals surface area contributed by atoms with E-state index in [9.17, 15) is 24.9 Å². The van der Waals surface area contributed by atoms with E-state index in [1.54, 1.807) is 12.1 Å². The smallest absolute Gasteiger partial charge is 0.202 e. The summed E-state index contributed by atoms with van der Waals surface area (Å²) in [5.41, 5.74) is 0.424. The predicted molar refractivity (Wildman–Crippen MR) is 93.8 cm³/mol. The average Bonchev–Trinajstić information content (AvgIpc) is 2.65. The molecule has 0 spiro atoms. The van der Waals surface area contributed by atoms with Crippen molar-refractivity contribution in [3.05, 3.63) is 51.6 Å². The fourth-order valence-corrected chi connectivity index (χ4v) is 4.07. The molecule has 0 fully saturated rings. The van der Waals surface area contributed by atoms with Crippen molar-refractivity contribution in [1.82, 2.24) is 0 Å². The molecule has 0 unspecified atom stereocenters. The zero-order valence-electron chi connectivity index (χ0n) is 14.8. The van der Waals surface area contributed by atoms with Crippen LogP contribution in [0, 0.1) is 0 Å². The number of hydrogen-bond donors (Lipinski definition) is 3. The Morgan fingerprint density at radius 3 is 2.41 bits per heavy atom. The van der Waals surface area contributed by atoms with Crippen molar-refractivity contribution in [3.63, 3.8) is 0 Å². The zero-order valence-corrected chi connectivity index (χ0v) is 14.8. The summed E-state index contributed by atoms with van der Waals surface area (Å²) in [6.45, 7) is 0. The quantitative estimate of drug-likeness (QED) is 0.627. The number of carbonyl (C=O) groups excluding carboxylic acids is 2. The predicted octanol–water partition coefficient (Wildman–Crippen LogP) is 1.53. The Labute approximate surface area is 154 Å². The van der Waals surface area contributed by atoms with E-state index < -0.39 is 29.5 Å². The summed E-state index contributed by atoms with van der Waals surface area (Å²) in [6, 6.07) is 4.66. The molecule has 0 saturated carbocycles. The van der Waals surface area contributed by atoms with Crippen molar-refractivity contribution in [2.75, 3.05) is 14.2 Å². The molecular formula is C20H18O7. The highest BCUT2D eigenvalue weighted by molar-refractivity contribution is 6.31. The van der Waals surface area contributed by atoms with Crippen LogP contribution < -0.4 is 9.47 Å². The van der Waals surface area contributed by atoms with Crippen LogP contribution in [-0.4, -0.2) is 47.2 Å². The van der Waals surface area contributed by atoms with Crippen LogP contribution in [0.5, 0.6) is 17.2 Å². The first-order valence-corrected chi connectivity index (χ1v) is 8.48. The molecule has 0 heterocycles. The van der Waals surface area contributed by atoms with E-state index in [0.717, 1.165) is 0 Å². The second kappa shape index (κ2) is 6.07. The van der Waals surface area contributed by atoms with Gasteiger partial charge in [0.05, 0.1) is 43.1 Å². The number of ketones is 2. The lowest BCUT2D eigenvalue weighted by Crippen LogP contribution is -2.28. The number of carbonyl (C=O) groups is 2. The van der Waals surface area contributed by atoms with E-state index in [4.69, 9.17) is 9.47 Å². The standard InChI is InChI=1S/C20H18O7/c1-26-12-5-3-4-9-14(12)19(25)16-15(17(9)23)18(24)10-6-8(21)7-11(22)13(10)20(16)27-2/h3-5,8,11,21-22,24H,6-7H2,1-2H3/t8-,11-/m0/s1. The number of aromatic hydroxyl groups is 1. The second-order valence-corrected chi connectivity index (χ2v) is 6.67. The maximum atomic E-state index is 13.3. The molecule has 0 amide bonds. The van der Waals surface area contributed by atoms with E-state index >= 15 is 0 Å².